The molecule has 0 aliphatic heterocycles. The summed E-state index contributed by atoms with van der Waals surface area (Å²) in [7, 11) is -3.21. The molecule has 0 N–H and O–H groups in total. The predicted octanol–water partition coefficient (Wildman–Crippen LogP) is 10.8. The molecule has 246 valence electrons. The molecule has 9 aromatic rings. The molecule has 52 heavy (non-hydrogen) atoms. The monoisotopic (exact) mass is 683 g/mol. The zero-order chi connectivity index (χ0) is 34.7. The summed E-state index contributed by atoms with van der Waals surface area (Å²) in [5.41, 5.74) is 9.93. The van der Waals surface area contributed by atoms with Crippen LogP contribution in [0.5, 0.6) is 0 Å². The number of benzene rings is 8. The fourth-order valence-electron chi connectivity index (χ4n) is 8.73. The van der Waals surface area contributed by atoms with E-state index in [1.165, 1.54) is 44.1 Å². The van der Waals surface area contributed by atoms with Gasteiger partial charge >= 0.3 is 0 Å². The second kappa shape index (κ2) is 11.9. The van der Waals surface area contributed by atoms with Gasteiger partial charge < -0.3 is 9.13 Å². The summed E-state index contributed by atoms with van der Waals surface area (Å²) in [5, 5.41) is 4.97. The van der Waals surface area contributed by atoms with E-state index in [2.05, 4.69) is 150 Å². The van der Waals surface area contributed by atoms with Gasteiger partial charge in [0.15, 0.2) is 7.14 Å². The van der Waals surface area contributed by atoms with E-state index >= 15 is 4.57 Å². The highest BCUT2D eigenvalue weighted by Gasteiger charge is 2.47. The summed E-state index contributed by atoms with van der Waals surface area (Å²) in [4.78, 5) is 0. The first-order valence-electron chi connectivity index (χ1n) is 17.8. The molecule has 1 aromatic heterocycles. The summed E-state index contributed by atoms with van der Waals surface area (Å²) in [6, 6.07) is 72.6. The van der Waals surface area contributed by atoms with Crippen LogP contribution in [0.2, 0.25) is 0 Å². The highest BCUT2D eigenvalue weighted by molar-refractivity contribution is 7.85. The molecule has 0 radical (unpaired) electrons. The summed E-state index contributed by atoms with van der Waals surface area (Å²) in [5.74, 6) is 0. The zero-order valence-corrected chi connectivity index (χ0v) is 29.3. The molecule has 0 saturated heterocycles. The third-order valence-corrected chi connectivity index (χ3v) is 14.0. The molecule has 8 aromatic carbocycles. The Morgan fingerprint density at radius 1 is 0.385 bits per heavy atom. The second-order valence-corrected chi connectivity index (χ2v) is 16.4. The Balaban J connectivity index is 1.30. The van der Waals surface area contributed by atoms with Crippen molar-refractivity contribution in [1.29, 1.82) is 0 Å². The van der Waals surface area contributed by atoms with Crippen molar-refractivity contribution < 1.29 is 4.57 Å². The van der Waals surface area contributed by atoms with Gasteiger partial charge in [-0.15, -0.1) is 0 Å². The van der Waals surface area contributed by atoms with Gasteiger partial charge in [0.05, 0.1) is 16.4 Å². The maximum atomic E-state index is 15.7. The molecular formula is C49H34NOP. The van der Waals surface area contributed by atoms with Crippen molar-refractivity contribution in [3.8, 4) is 16.8 Å². The normalized spacial score (nSPS) is 13.2. The van der Waals surface area contributed by atoms with Crippen LogP contribution in [-0.4, -0.2) is 4.57 Å². The van der Waals surface area contributed by atoms with Gasteiger partial charge in [-0.3, -0.25) is 0 Å². The highest BCUT2D eigenvalue weighted by Crippen LogP contribution is 2.57. The third-order valence-electron chi connectivity index (χ3n) is 11.0. The number of para-hydroxylation sites is 2. The van der Waals surface area contributed by atoms with E-state index in [1.807, 2.05) is 60.7 Å². The van der Waals surface area contributed by atoms with E-state index in [1.54, 1.807) is 0 Å². The molecule has 1 aliphatic carbocycles. The lowest BCUT2D eigenvalue weighted by atomic mass is 9.67. The number of hydrogen-bond donors (Lipinski definition) is 0. The molecular weight excluding hydrogens is 650 g/mol. The maximum absolute atomic E-state index is 15.7. The second-order valence-electron chi connectivity index (χ2n) is 13.6. The average Bonchev–Trinajstić information content (AvgIpc) is 3.72. The van der Waals surface area contributed by atoms with Gasteiger partial charge in [-0.25, -0.2) is 0 Å². The van der Waals surface area contributed by atoms with Crippen molar-refractivity contribution in [3.05, 3.63) is 229 Å². The van der Waals surface area contributed by atoms with E-state index in [0.29, 0.717) is 0 Å². The van der Waals surface area contributed by atoms with E-state index in [0.717, 1.165) is 32.7 Å². The van der Waals surface area contributed by atoms with E-state index in [4.69, 9.17) is 0 Å². The fraction of sp³-hybridized carbons (Fsp3) is 0.0204. The van der Waals surface area contributed by atoms with Crippen molar-refractivity contribution >= 4 is 44.9 Å². The van der Waals surface area contributed by atoms with Crippen molar-refractivity contribution in [1.82, 2.24) is 4.57 Å². The molecule has 10 rings (SSSR count). The molecule has 3 heteroatoms. The lowest BCUT2D eigenvalue weighted by Crippen LogP contribution is -2.29. The van der Waals surface area contributed by atoms with Crippen LogP contribution in [-0.2, 0) is 9.98 Å². The standard InChI is InChI=1S/C49H34NOP/c51-52(38-21-9-3-10-22-38,39-23-11-4-12-24-39)40-30-32-45-44(34-40)41-31-29-37(50-47-27-15-13-25-42(47)43-26-14-16-28-48(43)50)33-46(41)49(45,35-17-5-1-6-18-35)36-19-7-2-8-20-36/h1-34H. The van der Waals surface area contributed by atoms with Gasteiger partial charge in [0.25, 0.3) is 0 Å². The summed E-state index contributed by atoms with van der Waals surface area (Å²) in [6.45, 7) is 0. The van der Waals surface area contributed by atoms with Crippen molar-refractivity contribution in [2.24, 2.45) is 0 Å². The maximum Gasteiger partial charge on any atom is 0.171 e. The van der Waals surface area contributed by atoms with Crippen LogP contribution in [0.25, 0.3) is 38.6 Å². The average molecular weight is 684 g/mol. The molecule has 0 saturated carbocycles. The summed E-state index contributed by atoms with van der Waals surface area (Å²) < 4.78 is 18.1. The first-order chi connectivity index (χ1) is 25.7. The van der Waals surface area contributed by atoms with Crippen LogP contribution in [0.3, 0.4) is 0 Å². The summed E-state index contributed by atoms with van der Waals surface area (Å²) >= 11 is 0. The smallest absolute Gasteiger partial charge is 0.171 e. The minimum Gasteiger partial charge on any atom is -0.309 e. The van der Waals surface area contributed by atoms with Gasteiger partial charge in [-0.05, 0) is 63.7 Å². The quantitative estimate of drug-likeness (QED) is 0.160. The Morgan fingerprint density at radius 3 is 1.40 bits per heavy atom. The van der Waals surface area contributed by atoms with E-state index in [-0.39, 0.29) is 0 Å². The van der Waals surface area contributed by atoms with Gasteiger partial charge in [0.1, 0.15) is 0 Å². The lowest BCUT2D eigenvalue weighted by molar-refractivity contribution is 0.592. The van der Waals surface area contributed by atoms with Gasteiger partial charge in [-0.1, -0.05) is 176 Å². The first-order valence-corrected chi connectivity index (χ1v) is 19.5. The predicted molar refractivity (Wildman–Crippen MR) is 217 cm³/mol. The number of rotatable bonds is 6. The Labute approximate surface area is 303 Å². The largest absolute Gasteiger partial charge is 0.309 e. The van der Waals surface area contributed by atoms with Crippen molar-refractivity contribution in [2.45, 2.75) is 5.41 Å². The zero-order valence-electron chi connectivity index (χ0n) is 28.4. The number of nitrogens with zero attached hydrogens (tertiary/aromatic N) is 1. The van der Waals surface area contributed by atoms with Crippen molar-refractivity contribution in [3.63, 3.8) is 0 Å². The number of fused-ring (bicyclic) bond motifs is 6. The Kier molecular flexibility index (Phi) is 7.03. The van der Waals surface area contributed by atoms with E-state index in [9.17, 15) is 0 Å². The molecule has 1 heterocycles. The third kappa shape index (κ3) is 4.35. The molecule has 0 atom stereocenters. The minimum absolute atomic E-state index is 0.607. The SMILES string of the molecule is O=P(c1ccccc1)(c1ccccc1)c1ccc2c(c1)-c1ccc(-n3c4ccccc4c4ccccc43)cc1C2(c1ccccc1)c1ccccc1. The van der Waals surface area contributed by atoms with Crippen LogP contribution in [0.15, 0.2) is 206 Å². The molecule has 0 fully saturated rings. The molecule has 0 spiro atoms. The van der Waals surface area contributed by atoms with Crippen molar-refractivity contribution in [2.75, 3.05) is 0 Å². The number of hydrogen-bond acceptors (Lipinski definition) is 1. The molecule has 2 nitrogen and oxygen atoms in total. The van der Waals surface area contributed by atoms with Gasteiger partial charge in [0.2, 0.25) is 0 Å². The molecule has 0 bridgehead atoms. The van der Waals surface area contributed by atoms with Gasteiger partial charge in [0, 0.05) is 32.4 Å². The number of aromatic nitrogens is 1. The molecule has 1 aliphatic rings. The van der Waals surface area contributed by atoms with Crippen LogP contribution in [0.4, 0.5) is 0 Å². The van der Waals surface area contributed by atoms with Crippen LogP contribution >= 0.6 is 7.14 Å². The molecule has 0 unspecified atom stereocenters. The van der Waals surface area contributed by atoms with E-state index < -0.39 is 12.6 Å². The highest BCUT2D eigenvalue weighted by atomic mass is 31.2. The summed E-state index contributed by atoms with van der Waals surface area (Å²) in [6.07, 6.45) is 0. The Morgan fingerprint density at radius 2 is 0.865 bits per heavy atom. The first kappa shape index (κ1) is 30.6. The Bertz CT molecular complexity index is 2670. The molecule has 0 amide bonds. The Hall–Kier alpha value is -6.21. The lowest BCUT2D eigenvalue weighted by Gasteiger charge is -2.34. The van der Waals surface area contributed by atoms with Gasteiger partial charge in [-0.2, -0.15) is 0 Å². The van der Waals surface area contributed by atoms with Crippen LogP contribution < -0.4 is 15.9 Å². The minimum atomic E-state index is -3.21. The topological polar surface area (TPSA) is 22.0 Å². The van der Waals surface area contributed by atoms with Crippen LogP contribution in [0, 0.1) is 0 Å². The fourth-order valence-corrected chi connectivity index (χ4v) is 11.4. The van der Waals surface area contributed by atoms with Crippen LogP contribution in [0.1, 0.15) is 22.3 Å².